The highest BCUT2D eigenvalue weighted by Crippen LogP contribution is 2.09. The molecular weight excluding hydrogens is 328 g/mol. The first-order valence-corrected chi connectivity index (χ1v) is 8.69. The zero-order valence-corrected chi connectivity index (χ0v) is 14.7. The normalized spacial score (nSPS) is 10.6. The van der Waals surface area contributed by atoms with E-state index in [1.807, 2.05) is 30.3 Å². The van der Waals surface area contributed by atoms with E-state index in [0.29, 0.717) is 19.5 Å². The van der Waals surface area contributed by atoms with Crippen molar-refractivity contribution in [2.24, 2.45) is 0 Å². The van der Waals surface area contributed by atoms with Gasteiger partial charge in [-0.25, -0.2) is 0 Å². The van der Waals surface area contributed by atoms with Crippen molar-refractivity contribution in [3.05, 3.63) is 71.8 Å². The summed E-state index contributed by atoms with van der Waals surface area (Å²) in [6.45, 7) is 1.15. The summed E-state index contributed by atoms with van der Waals surface area (Å²) in [5.74, 6) is 0.0190. The number of phenolic OH excluding ortho intramolecular Hbond substituents is 1. The third-order valence-electron chi connectivity index (χ3n) is 3.75. The van der Waals surface area contributed by atoms with E-state index in [2.05, 4.69) is 10.6 Å². The number of benzene rings is 2. The number of hydrogen-bond acceptors (Lipinski definition) is 3. The molecule has 0 heterocycles. The van der Waals surface area contributed by atoms with Gasteiger partial charge in [-0.3, -0.25) is 9.59 Å². The van der Waals surface area contributed by atoms with Crippen LogP contribution in [0.5, 0.6) is 5.75 Å². The first-order valence-electron chi connectivity index (χ1n) is 8.69. The molecule has 136 valence electrons. The van der Waals surface area contributed by atoms with E-state index in [0.717, 1.165) is 24.0 Å². The van der Waals surface area contributed by atoms with Crippen LogP contribution in [0, 0.1) is 0 Å². The Kier molecular flexibility index (Phi) is 7.93. The number of carbonyl (C=O) groups excluding carboxylic acids is 2. The fourth-order valence-corrected chi connectivity index (χ4v) is 2.35. The maximum atomic E-state index is 11.8. The first-order chi connectivity index (χ1) is 12.6. The average Bonchev–Trinajstić information content (AvgIpc) is 2.65. The zero-order valence-electron chi connectivity index (χ0n) is 14.7. The minimum atomic E-state index is -0.120. The van der Waals surface area contributed by atoms with Crippen LogP contribution in [0.15, 0.2) is 60.7 Å². The highest BCUT2D eigenvalue weighted by molar-refractivity contribution is 5.91. The van der Waals surface area contributed by atoms with Gasteiger partial charge in [0.15, 0.2) is 0 Å². The van der Waals surface area contributed by atoms with Crippen LogP contribution < -0.4 is 10.6 Å². The van der Waals surface area contributed by atoms with Crippen LogP contribution in [0.3, 0.4) is 0 Å². The molecule has 2 aromatic carbocycles. The number of amides is 2. The molecule has 3 N–H and O–H groups in total. The molecular formula is C21H24N2O3. The fourth-order valence-electron chi connectivity index (χ4n) is 2.35. The quantitative estimate of drug-likeness (QED) is 0.480. The molecule has 0 unspecified atom stereocenters. The maximum absolute atomic E-state index is 11.8. The summed E-state index contributed by atoms with van der Waals surface area (Å²) < 4.78 is 0. The Hall–Kier alpha value is -3.08. The zero-order chi connectivity index (χ0) is 18.6. The lowest BCUT2D eigenvalue weighted by atomic mass is 10.1. The highest BCUT2D eigenvalue weighted by Gasteiger charge is 2.03. The van der Waals surface area contributed by atoms with E-state index in [-0.39, 0.29) is 17.6 Å². The third kappa shape index (κ3) is 7.66. The van der Waals surface area contributed by atoms with Crippen molar-refractivity contribution in [2.45, 2.75) is 19.3 Å². The number of aromatic hydroxyl groups is 1. The van der Waals surface area contributed by atoms with Crippen LogP contribution in [0.2, 0.25) is 0 Å². The molecule has 2 aromatic rings. The Morgan fingerprint density at radius 2 is 1.54 bits per heavy atom. The molecule has 0 spiro atoms. The second-order valence-electron chi connectivity index (χ2n) is 5.94. The Morgan fingerprint density at radius 3 is 2.23 bits per heavy atom. The molecule has 0 fully saturated rings. The largest absolute Gasteiger partial charge is 0.508 e. The molecule has 0 saturated heterocycles. The van der Waals surface area contributed by atoms with Crippen molar-refractivity contribution in [3.8, 4) is 5.75 Å². The maximum Gasteiger partial charge on any atom is 0.243 e. The minimum Gasteiger partial charge on any atom is -0.508 e. The number of rotatable bonds is 9. The van der Waals surface area contributed by atoms with E-state index in [1.165, 1.54) is 6.08 Å². The number of carbonyl (C=O) groups is 2. The van der Waals surface area contributed by atoms with Crippen LogP contribution >= 0.6 is 0 Å². The molecule has 5 heteroatoms. The summed E-state index contributed by atoms with van der Waals surface area (Å²) in [4.78, 5) is 23.5. The Morgan fingerprint density at radius 1 is 0.885 bits per heavy atom. The number of unbranched alkanes of at least 4 members (excludes halogenated alkanes) is 1. The fraction of sp³-hybridized carbons (Fsp3) is 0.238. The molecule has 2 rings (SSSR count). The van der Waals surface area contributed by atoms with E-state index in [4.69, 9.17) is 0 Å². The molecule has 0 radical (unpaired) electrons. The lowest BCUT2D eigenvalue weighted by Gasteiger charge is -2.06. The van der Waals surface area contributed by atoms with Crippen LogP contribution in [0.25, 0.3) is 6.08 Å². The van der Waals surface area contributed by atoms with Gasteiger partial charge in [-0.1, -0.05) is 42.5 Å². The lowest BCUT2D eigenvalue weighted by Crippen LogP contribution is -2.27. The van der Waals surface area contributed by atoms with Crippen LogP contribution in [-0.2, 0) is 16.0 Å². The summed E-state index contributed by atoms with van der Waals surface area (Å²) in [5.41, 5.74) is 1.84. The number of phenols is 1. The van der Waals surface area contributed by atoms with Gasteiger partial charge in [-0.15, -0.1) is 0 Å². The molecule has 0 saturated carbocycles. The molecule has 5 nitrogen and oxygen atoms in total. The van der Waals surface area contributed by atoms with Gasteiger partial charge in [0.05, 0.1) is 6.42 Å². The van der Waals surface area contributed by atoms with Gasteiger partial charge in [0.1, 0.15) is 5.75 Å². The van der Waals surface area contributed by atoms with Gasteiger partial charge >= 0.3 is 0 Å². The minimum absolute atomic E-state index is 0.0504. The third-order valence-corrected chi connectivity index (χ3v) is 3.75. The Balaban J connectivity index is 1.53. The SMILES string of the molecule is O=C(/C=C/c1ccccc1)NCCCCNC(=O)Cc1ccc(O)cc1. The second-order valence-corrected chi connectivity index (χ2v) is 5.94. The van der Waals surface area contributed by atoms with E-state index in [1.54, 1.807) is 30.3 Å². The van der Waals surface area contributed by atoms with Crippen molar-refractivity contribution in [2.75, 3.05) is 13.1 Å². The molecule has 0 aliphatic rings. The van der Waals surface area contributed by atoms with E-state index >= 15 is 0 Å². The van der Waals surface area contributed by atoms with Crippen LogP contribution in [0.4, 0.5) is 0 Å². The molecule has 0 atom stereocenters. The molecule has 0 aromatic heterocycles. The second kappa shape index (κ2) is 10.7. The van der Waals surface area contributed by atoms with Crippen LogP contribution in [0.1, 0.15) is 24.0 Å². The monoisotopic (exact) mass is 352 g/mol. The highest BCUT2D eigenvalue weighted by atomic mass is 16.3. The van der Waals surface area contributed by atoms with Crippen LogP contribution in [-0.4, -0.2) is 30.0 Å². The summed E-state index contributed by atoms with van der Waals surface area (Å²) >= 11 is 0. The van der Waals surface area contributed by atoms with Gasteiger partial charge < -0.3 is 15.7 Å². The predicted octanol–water partition coefficient (Wildman–Crippen LogP) is 2.66. The smallest absolute Gasteiger partial charge is 0.243 e. The predicted molar refractivity (Wildman–Crippen MR) is 103 cm³/mol. The van der Waals surface area contributed by atoms with Crippen molar-refractivity contribution in [3.63, 3.8) is 0 Å². The Labute approximate surface area is 153 Å². The molecule has 2 amide bonds. The first kappa shape index (κ1) is 19.2. The van der Waals surface area contributed by atoms with Crippen molar-refractivity contribution >= 4 is 17.9 Å². The Bertz CT molecular complexity index is 725. The number of nitrogens with one attached hydrogen (secondary N) is 2. The summed E-state index contributed by atoms with van der Waals surface area (Å²) in [7, 11) is 0. The van der Waals surface area contributed by atoms with Crippen molar-refractivity contribution in [1.29, 1.82) is 0 Å². The van der Waals surface area contributed by atoms with Gasteiger partial charge in [0.25, 0.3) is 0 Å². The van der Waals surface area contributed by atoms with Gasteiger partial charge in [0, 0.05) is 19.2 Å². The van der Waals surface area contributed by atoms with E-state index < -0.39 is 0 Å². The van der Waals surface area contributed by atoms with Gasteiger partial charge in [0.2, 0.25) is 11.8 Å². The van der Waals surface area contributed by atoms with E-state index in [9.17, 15) is 14.7 Å². The molecule has 0 aliphatic heterocycles. The topological polar surface area (TPSA) is 78.4 Å². The summed E-state index contributed by atoms with van der Waals surface area (Å²) in [6, 6.07) is 16.2. The molecule has 0 bridgehead atoms. The summed E-state index contributed by atoms with van der Waals surface area (Å²) in [5, 5.41) is 14.9. The molecule has 0 aliphatic carbocycles. The van der Waals surface area contributed by atoms with Gasteiger partial charge in [-0.05, 0) is 42.2 Å². The average molecular weight is 352 g/mol. The number of hydrogen-bond donors (Lipinski definition) is 3. The van der Waals surface area contributed by atoms with Crippen molar-refractivity contribution < 1.29 is 14.7 Å². The molecule has 26 heavy (non-hydrogen) atoms. The lowest BCUT2D eigenvalue weighted by molar-refractivity contribution is -0.120. The summed E-state index contributed by atoms with van der Waals surface area (Å²) in [6.07, 6.45) is 5.18. The van der Waals surface area contributed by atoms with Crippen molar-refractivity contribution in [1.82, 2.24) is 10.6 Å². The standard InChI is InChI=1S/C21H24N2O3/c24-19-11-8-18(9-12-19)16-21(26)23-15-5-4-14-22-20(25)13-10-17-6-2-1-3-7-17/h1-3,6-13,24H,4-5,14-16H2,(H,22,25)(H,23,26)/b13-10+. The van der Waals surface area contributed by atoms with Gasteiger partial charge in [-0.2, -0.15) is 0 Å².